The van der Waals surface area contributed by atoms with Crippen molar-refractivity contribution in [2.24, 2.45) is 5.41 Å². The lowest BCUT2D eigenvalue weighted by Crippen LogP contribution is -2.21. The molecule has 2 heteroatoms. The fourth-order valence-electron chi connectivity index (χ4n) is 2.10. The fourth-order valence-corrected chi connectivity index (χ4v) is 2.10. The Morgan fingerprint density at radius 3 is 2.47 bits per heavy atom. The number of anilines is 1. The number of aryl methyl sites for hydroxylation is 1. The topological polar surface area (TPSA) is 29.1 Å². The smallest absolute Gasteiger partial charge is 0.230 e. The summed E-state index contributed by atoms with van der Waals surface area (Å²) in [4.78, 5) is 11.9. The predicted molar refractivity (Wildman–Crippen MR) is 71.2 cm³/mol. The largest absolute Gasteiger partial charge is 0.326 e. The first-order valence-electron chi connectivity index (χ1n) is 6.34. The zero-order valence-electron chi connectivity index (χ0n) is 11.1. The third kappa shape index (κ3) is 2.51. The summed E-state index contributed by atoms with van der Waals surface area (Å²) >= 11 is 0. The number of benzene rings is 1. The maximum atomic E-state index is 11.9. The lowest BCUT2D eigenvalue weighted by atomic mass is 9.97. The van der Waals surface area contributed by atoms with Crippen molar-refractivity contribution in [2.45, 2.75) is 46.5 Å². The third-order valence-corrected chi connectivity index (χ3v) is 3.70. The van der Waals surface area contributed by atoms with Crippen LogP contribution in [0.25, 0.3) is 0 Å². The van der Waals surface area contributed by atoms with Crippen LogP contribution in [0.5, 0.6) is 0 Å². The fraction of sp³-hybridized carbons (Fsp3) is 0.533. The van der Waals surface area contributed by atoms with Crippen LogP contribution in [0.1, 0.15) is 50.7 Å². The summed E-state index contributed by atoms with van der Waals surface area (Å²) in [6.07, 6.45) is 2.03. The molecule has 2 rings (SSSR count). The average molecular weight is 231 g/mol. The van der Waals surface area contributed by atoms with Gasteiger partial charge in [0, 0.05) is 11.1 Å². The number of hydrogen-bond acceptors (Lipinski definition) is 1. The molecule has 1 aromatic rings. The summed E-state index contributed by atoms with van der Waals surface area (Å²) in [6.45, 7) is 8.50. The second kappa shape index (κ2) is 4.17. The zero-order valence-corrected chi connectivity index (χ0v) is 11.1. The van der Waals surface area contributed by atoms with E-state index in [2.05, 4.69) is 38.2 Å². The van der Waals surface area contributed by atoms with Gasteiger partial charge in [-0.25, -0.2) is 0 Å². The molecule has 0 saturated heterocycles. The van der Waals surface area contributed by atoms with Gasteiger partial charge in [0.1, 0.15) is 0 Å². The highest BCUT2D eigenvalue weighted by atomic mass is 16.2. The van der Waals surface area contributed by atoms with Crippen LogP contribution >= 0.6 is 0 Å². The highest BCUT2D eigenvalue weighted by Gasteiger charge is 2.44. The molecule has 0 atom stereocenters. The molecule has 17 heavy (non-hydrogen) atoms. The first-order chi connectivity index (χ1) is 7.92. The summed E-state index contributed by atoms with van der Waals surface area (Å²) < 4.78 is 0. The van der Waals surface area contributed by atoms with Crippen molar-refractivity contribution in [2.75, 3.05) is 5.32 Å². The second-order valence-electron chi connectivity index (χ2n) is 5.74. The van der Waals surface area contributed by atoms with Gasteiger partial charge in [-0.15, -0.1) is 0 Å². The van der Waals surface area contributed by atoms with Crippen LogP contribution in [0, 0.1) is 12.3 Å². The first-order valence-corrected chi connectivity index (χ1v) is 6.34. The molecule has 92 valence electrons. The number of carbonyl (C=O) groups is 1. The van der Waals surface area contributed by atoms with Crippen LogP contribution in [0.3, 0.4) is 0 Å². The molecule has 0 aliphatic heterocycles. The van der Waals surface area contributed by atoms with E-state index in [-0.39, 0.29) is 11.3 Å². The standard InChI is InChI=1S/C15H21NO/c1-10(2)13-6-5-12(9-11(13)3)16-14(17)15(4)7-8-15/h5-6,9-10H,7-8H2,1-4H3,(H,16,17). The van der Waals surface area contributed by atoms with Crippen molar-refractivity contribution in [3.05, 3.63) is 29.3 Å². The summed E-state index contributed by atoms with van der Waals surface area (Å²) in [5, 5.41) is 3.01. The van der Waals surface area contributed by atoms with E-state index >= 15 is 0 Å². The van der Waals surface area contributed by atoms with E-state index in [1.807, 2.05) is 13.0 Å². The molecule has 2 nitrogen and oxygen atoms in total. The molecule has 1 N–H and O–H groups in total. The quantitative estimate of drug-likeness (QED) is 0.841. The van der Waals surface area contributed by atoms with Crippen LogP contribution < -0.4 is 5.32 Å². The lowest BCUT2D eigenvalue weighted by molar-refractivity contribution is -0.120. The van der Waals surface area contributed by atoms with Gasteiger partial charge in [-0.2, -0.15) is 0 Å². The number of nitrogens with one attached hydrogen (secondary N) is 1. The summed E-state index contributed by atoms with van der Waals surface area (Å²) in [5.41, 5.74) is 3.41. The van der Waals surface area contributed by atoms with Crippen LogP contribution in [-0.4, -0.2) is 5.91 Å². The van der Waals surface area contributed by atoms with Gasteiger partial charge in [0.25, 0.3) is 0 Å². The average Bonchev–Trinajstić information content (AvgIpc) is 2.97. The van der Waals surface area contributed by atoms with Crippen molar-refractivity contribution >= 4 is 11.6 Å². The number of rotatable bonds is 3. The van der Waals surface area contributed by atoms with Crippen LogP contribution in [0.15, 0.2) is 18.2 Å². The Bertz CT molecular complexity index is 444. The van der Waals surface area contributed by atoms with Crippen molar-refractivity contribution in [3.8, 4) is 0 Å². The van der Waals surface area contributed by atoms with E-state index in [4.69, 9.17) is 0 Å². The molecular formula is C15H21NO. The molecule has 0 bridgehead atoms. The van der Waals surface area contributed by atoms with Gasteiger partial charge in [0.15, 0.2) is 0 Å². The molecule has 0 radical (unpaired) electrons. The number of hydrogen-bond donors (Lipinski definition) is 1. The van der Waals surface area contributed by atoms with Crippen LogP contribution in [0.2, 0.25) is 0 Å². The molecule has 1 fully saturated rings. The van der Waals surface area contributed by atoms with Crippen molar-refractivity contribution < 1.29 is 4.79 Å². The molecular weight excluding hydrogens is 210 g/mol. The second-order valence-corrected chi connectivity index (χ2v) is 5.74. The van der Waals surface area contributed by atoms with Crippen molar-refractivity contribution in [3.63, 3.8) is 0 Å². The zero-order chi connectivity index (χ0) is 12.6. The van der Waals surface area contributed by atoms with E-state index in [1.165, 1.54) is 11.1 Å². The van der Waals surface area contributed by atoms with E-state index in [0.717, 1.165) is 18.5 Å². The Kier molecular flexibility index (Phi) is 2.98. The van der Waals surface area contributed by atoms with Crippen molar-refractivity contribution in [1.82, 2.24) is 0 Å². The third-order valence-electron chi connectivity index (χ3n) is 3.70. The van der Waals surface area contributed by atoms with Gasteiger partial charge in [-0.05, 0) is 48.9 Å². The van der Waals surface area contributed by atoms with E-state index in [0.29, 0.717) is 5.92 Å². The van der Waals surface area contributed by atoms with E-state index in [9.17, 15) is 4.79 Å². The molecule has 1 aliphatic carbocycles. The maximum Gasteiger partial charge on any atom is 0.230 e. The summed E-state index contributed by atoms with van der Waals surface area (Å²) in [6, 6.07) is 6.19. The highest BCUT2D eigenvalue weighted by molar-refractivity contribution is 5.96. The Labute approximate surface area is 103 Å². The first kappa shape index (κ1) is 12.2. The van der Waals surface area contributed by atoms with Gasteiger partial charge in [0.2, 0.25) is 5.91 Å². The molecule has 0 unspecified atom stereocenters. The molecule has 1 amide bonds. The van der Waals surface area contributed by atoms with E-state index in [1.54, 1.807) is 0 Å². The minimum absolute atomic E-state index is 0.107. The van der Waals surface area contributed by atoms with Crippen LogP contribution in [-0.2, 0) is 4.79 Å². The SMILES string of the molecule is Cc1cc(NC(=O)C2(C)CC2)ccc1C(C)C. The van der Waals surface area contributed by atoms with Gasteiger partial charge in [-0.3, -0.25) is 4.79 Å². The molecule has 1 aliphatic rings. The molecule has 1 saturated carbocycles. The summed E-state index contributed by atoms with van der Waals surface area (Å²) in [5.74, 6) is 0.690. The Morgan fingerprint density at radius 1 is 1.35 bits per heavy atom. The van der Waals surface area contributed by atoms with E-state index < -0.39 is 0 Å². The van der Waals surface area contributed by atoms with Gasteiger partial charge in [0.05, 0.1) is 0 Å². The lowest BCUT2D eigenvalue weighted by Gasteiger charge is -2.14. The number of amides is 1. The van der Waals surface area contributed by atoms with Gasteiger partial charge < -0.3 is 5.32 Å². The maximum absolute atomic E-state index is 11.9. The monoisotopic (exact) mass is 231 g/mol. The minimum atomic E-state index is -0.107. The van der Waals surface area contributed by atoms with Crippen molar-refractivity contribution in [1.29, 1.82) is 0 Å². The molecule has 0 heterocycles. The van der Waals surface area contributed by atoms with Gasteiger partial charge in [-0.1, -0.05) is 26.8 Å². The molecule has 0 aromatic heterocycles. The normalized spacial score (nSPS) is 17.0. The minimum Gasteiger partial charge on any atom is -0.326 e. The number of carbonyl (C=O) groups excluding carboxylic acids is 1. The van der Waals surface area contributed by atoms with Crippen LogP contribution in [0.4, 0.5) is 5.69 Å². The Hall–Kier alpha value is -1.31. The molecule has 1 aromatic carbocycles. The highest BCUT2D eigenvalue weighted by Crippen LogP contribution is 2.45. The van der Waals surface area contributed by atoms with Gasteiger partial charge >= 0.3 is 0 Å². The predicted octanol–water partition coefficient (Wildman–Crippen LogP) is 3.86. The summed E-state index contributed by atoms with van der Waals surface area (Å²) in [7, 11) is 0. The Morgan fingerprint density at radius 2 is 2.00 bits per heavy atom. The molecule has 0 spiro atoms. The Balaban J connectivity index is 2.12.